The molecule has 0 atom stereocenters. The van der Waals surface area contributed by atoms with Crippen LogP contribution in [0.5, 0.6) is 0 Å². The first-order chi connectivity index (χ1) is 9.62. The SMILES string of the molecule is CCCCNC(=O)Nc1ccc(N(CC)CC)cc1C.[Cl-]. The molecule has 1 aromatic rings. The lowest BCUT2D eigenvalue weighted by Gasteiger charge is -2.22. The van der Waals surface area contributed by atoms with Gasteiger partial charge >= 0.3 is 6.03 Å². The molecule has 0 aliphatic heterocycles. The van der Waals surface area contributed by atoms with Crippen molar-refractivity contribution >= 4 is 17.4 Å². The maximum absolute atomic E-state index is 11.7. The van der Waals surface area contributed by atoms with Gasteiger partial charge < -0.3 is 27.9 Å². The summed E-state index contributed by atoms with van der Waals surface area (Å²) in [7, 11) is 0. The van der Waals surface area contributed by atoms with Crippen molar-refractivity contribution < 1.29 is 17.2 Å². The first kappa shape index (κ1) is 19.6. The fraction of sp³-hybridized carbons (Fsp3) is 0.562. The Labute approximate surface area is 134 Å². The largest absolute Gasteiger partial charge is 1.00 e. The van der Waals surface area contributed by atoms with E-state index >= 15 is 0 Å². The quantitative estimate of drug-likeness (QED) is 0.730. The van der Waals surface area contributed by atoms with Crippen LogP contribution in [0.3, 0.4) is 0 Å². The number of carbonyl (C=O) groups is 1. The van der Waals surface area contributed by atoms with E-state index in [1.54, 1.807) is 0 Å². The van der Waals surface area contributed by atoms with Crippen molar-refractivity contribution in [2.45, 2.75) is 40.5 Å². The Hall–Kier alpha value is -1.42. The van der Waals surface area contributed by atoms with Gasteiger partial charge in [0.2, 0.25) is 0 Å². The molecule has 0 aliphatic carbocycles. The maximum Gasteiger partial charge on any atom is 0.319 e. The zero-order valence-electron chi connectivity index (χ0n) is 13.5. The normalized spacial score (nSPS) is 9.71. The molecule has 0 heterocycles. The van der Waals surface area contributed by atoms with Gasteiger partial charge in [-0.1, -0.05) is 13.3 Å². The van der Waals surface area contributed by atoms with E-state index in [9.17, 15) is 4.79 Å². The third-order valence-corrected chi connectivity index (χ3v) is 3.40. The van der Waals surface area contributed by atoms with Gasteiger partial charge in [0, 0.05) is 31.0 Å². The van der Waals surface area contributed by atoms with E-state index < -0.39 is 0 Å². The molecule has 0 saturated carbocycles. The summed E-state index contributed by atoms with van der Waals surface area (Å²) in [5.74, 6) is 0. The van der Waals surface area contributed by atoms with Gasteiger partial charge in [0.05, 0.1) is 0 Å². The highest BCUT2D eigenvalue weighted by atomic mass is 35.5. The van der Waals surface area contributed by atoms with Gasteiger partial charge in [-0.3, -0.25) is 0 Å². The molecule has 0 fully saturated rings. The van der Waals surface area contributed by atoms with E-state index in [-0.39, 0.29) is 18.4 Å². The highest BCUT2D eigenvalue weighted by Gasteiger charge is 2.07. The van der Waals surface area contributed by atoms with Crippen LogP contribution in [0.4, 0.5) is 16.2 Å². The molecule has 1 rings (SSSR count). The summed E-state index contributed by atoms with van der Waals surface area (Å²) in [5, 5.41) is 5.76. The highest BCUT2D eigenvalue weighted by molar-refractivity contribution is 5.90. The van der Waals surface area contributed by atoms with Crippen molar-refractivity contribution in [1.29, 1.82) is 0 Å². The molecule has 0 bridgehead atoms. The van der Waals surface area contributed by atoms with Crippen molar-refractivity contribution in [2.24, 2.45) is 0 Å². The number of anilines is 2. The summed E-state index contributed by atoms with van der Waals surface area (Å²) in [6.07, 6.45) is 2.09. The summed E-state index contributed by atoms with van der Waals surface area (Å²) >= 11 is 0. The first-order valence-corrected chi connectivity index (χ1v) is 7.52. The molecule has 2 amide bonds. The smallest absolute Gasteiger partial charge is 0.319 e. The summed E-state index contributed by atoms with van der Waals surface area (Å²) in [4.78, 5) is 14.0. The lowest BCUT2D eigenvalue weighted by molar-refractivity contribution is -0.00000753. The lowest BCUT2D eigenvalue weighted by Crippen LogP contribution is -3.00. The molecule has 0 spiro atoms. The molecule has 0 unspecified atom stereocenters. The lowest BCUT2D eigenvalue weighted by atomic mass is 10.1. The number of unbranched alkanes of at least 4 members (excludes halogenated alkanes) is 1. The monoisotopic (exact) mass is 312 g/mol. The number of nitrogens with zero attached hydrogens (tertiary/aromatic N) is 1. The number of carbonyl (C=O) groups excluding carboxylic acids is 1. The van der Waals surface area contributed by atoms with Crippen LogP contribution in [0.1, 0.15) is 39.2 Å². The van der Waals surface area contributed by atoms with Gasteiger partial charge in [-0.25, -0.2) is 4.79 Å². The van der Waals surface area contributed by atoms with Crippen LogP contribution in [0.15, 0.2) is 18.2 Å². The molecule has 5 heteroatoms. The van der Waals surface area contributed by atoms with Crippen LogP contribution < -0.4 is 27.9 Å². The van der Waals surface area contributed by atoms with E-state index in [0.29, 0.717) is 0 Å². The number of benzene rings is 1. The van der Waals surface area contributed by atoms with E-state index in [1.165, 1.54) is 5.69 Å². The number of rotatable bonds is 7. The molecule has 0 aromatic heterocycles. The Morgan fingerprint density at radius 1 is 1.19 bits per heavy atom. The van der Waals surface area contributed by atoms with Gasteiger partial charge in [0.1, 0.15) is 0 Å². The van der Waals surface area contributed by atoms with Crippen LogP contribution in [0.2, 0.25) is 0 Å². The molecular formula is C16H27ClN3O-. The van der Waals surface area contributed by atoms with Crippen molar-refractivity contribution in [2.75, 3.05) is 29.9 Å². The zero-order chi connectivity index (χ0) is 15.0. The number of hydrogen-bond donors (Lipinski definition) is 2. The topological polar surface area (TPSA) is 44.4 Å². The maximum atomic E-state index is 11.7. The average Bonchev–Trinajstić information content (AvgIpc) is 2.43. The zero-order valence-corrected chi connectivity index (χ0v) is 14.3. The van der Waals surface area contributed by atoms with Crippen LogP contribution in [0, 0.1) is 6.92 Å². The summed E-state index contributed by atoms with van der Waals surface area (Å²) in [6.45, 7) is 11.1. The summed E-state index contributed by atoms with van der Waals surface area (Å²) in [5.41, 5.74) is 3.15. The Balaban J connectivity index is 0.00000400. The van der Waals surface area contributed by atoms with E-state index in [2.05, 4.69) is 48.4 Å². The third-order valence-electron chi connectivity index (χ3n) is 3.40. The number of aryl methyl sites for hydroxylation is 1. The Morgan fingerprint density at radius 3 is 2.38 bits per heavy atom. The summed E-state index contributed by atoms with van der Waals surface area (Å²) in [6, 6.07) is 6.02. The van der Waals surface area contributed by atoms with Crippen LogP contribution in [0.25, 0.3) is 0 Å². The fourth-order valence-corrected chi connectivity index (χ4v) is 2.12. The van der Waals surface area contributed by atoms with Gasteiger partial charge in [-0.05, 0) is 51.0 Å². The number of nitrogens with one attached hydrogen (secondary N) is 2. The van der Waals surface area contributed by atoms with E-state index in [4.69, 9.17) is 0 Å². The van der Waals surface area contributed by atoms with Gasteiger partial charge in [0.15, 0.2) is 0 Å². The second kappa shape index (κ2) is 10.3. The molecule has 21 heavy (non-hydrogen) atoms. The molecule has 2 N–H and O–H groups in total. The minimum absolute atomic E-state index is 0. The fourth-order valence-electron chi connectivity index (χ4n) is 2.12. The molecule has 1 aromatic carbocycles. The number of urea groups is 1. The third kappa shape index (κ3) is 6.25. The first-order valence-electron chi connectivity index (χ1n) is 7.52. The van der Waals surface area contributed by atoms with Crippen LogP contribution >= 0.6 is 0 Å². The molecule has 0 saturated heterocycles. The van der Waals surface area contributed by atoms with Gasteiger partial charge in [-0.15, -0.1) is 0 Å². The predicted molar refractivity (Wildman–Crippen MR) is 86.7 cm³/mol. The van der Waals surface area contributed by atoms with Gasteiger partial charge in [-0.2, -0.15) is 0 Å². The van der Waals surface area contributed by atoms with E-state index in [1.807, 2.05) is 13.0 Å². The molecule has 0 radical (unpaired) electrons. The summed E-state index contributed by atoms with van der Waals surface area (Å²) < 4.78 is 0. The van der Waals surface area contributed by atoms with Gasteiger partial charge in [0.25, 0.3) is 0 Å². The number of hydrogen-bond acceptors (Lipinski definition) is 2. The second-order valence-corrected chi connectivity index (χ2v) is 4.91. The number of amides is 2. The van der Waals surface area contributed by atoms with Crippen LogP contribution in [-0.2, 0) is 0 Å². The van der Waals surface area contributed by atoms with Crippen molar-refractivity contribution in [3.8, 4) is 0 Å². The van der Waals surface area contributed by atoms with Crippen molar-refractivity contribution in [3.63, 3.8) is 0 Å². The average molecular weight is 313 g/mol. The molecule has 4 nitrogen and oxygen atoms in total. The molecular weight excluding hydrogens is 286 g/mol. The van der Waals surface area contributed by atoms with Crippen molar-refractivity contribution in [1.82, 2.24) is 5.32 Å². The Morgan fingerprint density at radius 2 is 1.86 bits per heavy atom. The minimum atomic E-state index is -0.128. The molecule has 0 aliphatic rings. The van der Waals surface area contributed by atoms with Crippen LogP contribution in [-0.4, -0.2) is 25.7 Å². The highest BCUT2D eigenvalue weighted by Crippen LogP contribution is 2.22. The Kier molecular flexibility index (Phi) is 9.63. The molecule has 120 valence electrons. The van der Waals surface area contributed by atoms with E-state index in [0.717, 1.165) is 43.7 Å². The minimum Gasteiger partial charge on any atom is -1.00 e. The standard InChI is InChI=1S/C16H27N3O.ClH/c1-5-8-11-17-16(20)18-15-10-9-14(12-13(15)4)19(6-2)7-3;/h9-10,12H,5-8,11H2,1-4H3,(H2,17,18,20);1H/p-1. The van der Waals surface area contributed by atoms with Crippen molar-refractivity contribution in [3.05, 3.63) is 23.8 Å². The second-order valence-electron chi connectivity index (χ2n) is 4.91. The number of halogens is 1. The Bertz CT molecular complexity index is 434. The predicted octanol–water partition coefficient (Wildman–Crippen LogP) is 0.767.